The average molecular weight is 399 g/mol. The lowest BCUT2D eigenvalue weighted by atomic mass is 10.2. The maximum Gasteiger partial charge on any atom is 0.142 e. The van der Waals surface area contributed by atoms with E-state index in [0.717, 1.165) is 63.7 Å². The molecule has 0 aromatic heterocycles. The van der Waals surface area contributed by atoms with Gasteiger partial charge in [-0.3, -0.25) is 9.91 Å². The number of para-hydroxylation sites is 2. The molecule has 3 heterocycles. The zero-order valence-electron chi connectivity index (χ0n) is 17.3. The first-order valence-corrected chi connectivity index (χ1v) is 10.6. The Bertz CT molecular complexity index is 783. The van der Waals surface area contributed by atoms with E-state index in [4.69, 9.17) is 4.74 Å². The Morgan fingerprint density at radius 1 is 0.966 bits per heavy atom. The third-order valence-electron chi connectivity index (χ3n) is 5.93. The van der Waals surface area contributed by atoms with Crippen molar-refractivity contribution in [2.75, 3.05) is 57.8 Å². The second-order valence-electron chi connectivity index (χ2n) is 7.79. The minimum absolute atomic E-state index is 0.179. The fraction of sp³-hybridized carbons (Fsp3) is 0.478. The van der Waals surface area contributed by atoms with Gasteiger partial charge in [0.2, 0.25) is 0 Å². The third-order valence-corrected chi connectivity index (χ3v) is 5.93. The van der Waals surface area contributed by atoms with Gasteiger partial charge in [0.25, 0.3) is 0 Å². The van der Waals surface area contributed by atoms with Crippen LogP contribution in [0.1, 0.15) is 19.3 Å². The summed E-state index contributed by atoms with van der Waals surface area (Å²) >= 11 is 0. The lowest BCUT2D eigenvalue weighted by molar-refractivity contribution is 0.0880. The first kappa shape index (κ1) is 20.0. The SMILES string of the molecule is COc1ccccc1N1CCN(CCCCCN2CC=C3C=CC(F)=CN32)CC1. The fourth-order valence-corrected chi connectivity index (χ4v) is 4.28. The van der Waals surface area contributed by atoms with E-state index < -0.39 is 0 Å². The number of fused-ring (bicyclic) bond motifs is 1. The summed E-state index contributed by atoms with van der Waals surface area (Å²) in [5.41, 5.74) is 2.28. The molecule has 3 aliphatic heterocycles. The monoisotopic (exact) mass is 398 g/mol. The number of ether oxygens (including phenoxy) is 1. The molecular formula is C23H31FN4O. The zero-order chi connectivity index (χ0) is 20.1. The van der Waals surface area contributed by atoms with Crippen LogP contribution in [0.25, 0.3) is 0 Å². The first-order chi connectivity index (χ1) is 14.2. The molecule has 0 bridgehead atoms. The molecule has 0 saturated carbocycles. The molecule has 0 N–H and O–H groups in total. The van der Waals surface area contributed by atoms with Gasteiger partial charge in [-0.1, -0.05) is 18.6 Å². The van der Waals surface area contributed by atoms with Gasteiger partial charge >= 0.3 is 0 Å². The van der Waals surface area contributed by atoms with E-state index in [1.807, 2.05) is 23.2 Å². The van der Waals surface area contributed by atoms with Crippen molar-refractivity contribution in [3.63, 3.8) is 0 Å². The van der Waals surface area contributed by atoms with Crippen molar-refractivity contribution >= 4 is 5.69 Å². The third kappa shape index (κ3) is 4.82. The average Bonchev–Trinajstić information content (AvgIpc) is 3.16. The summed E-state index contributed by atoms with van der Waals surface area (Å²) in [5.74, 6) is 0.778. The van der Waals surface area contributed by atoms with Gasteiger partial charge in [-0.05, 0) is 49.7 Å². The van der Waals surface area contributed by atoms with Gasteiger partial charge in [-0.2, -0.15) is 0 Å². The van der Waals surface area contributed by atoms with Crippen LogP contribution in [0.2, 0.25) is 0 Å². The standard InChI is InChI=1S/C23H31FN4O/c1-29-23-8-4-3-7-22(23)26-17-15-25(16-18-26)12-5-2-6-13-27-14-11-21-10-9-20(24)19-28(21)27/h3-4,7-11,19H,2,5-6,12-18H2,1H3. The zero-order valence-corrected chi connectivity index (χ0v) is 17.3. The van der Waals surface area contributed by atoms with Crippen LogP contribution < -0.4 is 9.64 Å². The molecule has 0 spiro atoms. The molecule has 6 heteroatoms. The highest BCUT2D eigenvalue weighted by atomic mass is 19.1. The molecule has 1 fully saturated rings. The Morgan fingerprint density at radius 3 is 2.59 bits per heavy atom. The molecule has 0 aliphatic carbocycles. The van der Waals surface area contributed by atoms with Crippen molar-refractivity contribution in [2.24, 2.45) is 0 Å². The van der Waals surface area contributed by atoms with Gasteiger partial charge in [-0.25, -0.2) is 9.40 Å². The highest BCUT2D eigenvalue weighted by Crippen LogP contribution is 2.28. The number of piperazine rings is 1. The second kappa shape index (κ2) is 9.46. The van der Waals surface area contributed by atoms with Crippen molar-refractivity contribution in [1.29, 1.82) is 0 Å². The number of allylic oxidation sites excluding steroid dienone is 3. The van der Waals surface area contributed by atoms with E-state index in [0.29, 0.717) is 0 Å². The predicted octanol–water partition coefficient (Wildman–Crippen LogP) is 3.78. The maximum absolute atomic E-state index is 13.5. The van der Waals surface area contributed by atoms with Crippen LogP contribution in [0.5, 0.6) is 5.75 Å². The van der Waals surface area contributed by atoms with Gasteiger partial charge in [0.15, 0.2) is 0 Å². The van der Waals surface area contributed by atoms with E-state index >= 15 is 0 Å². The first-order valence-electron chi connectivity index (χ1n) is 10.6. The minimum Gasteiger partial charge on any atom is -0.495 e. The molecule has 0 unspecified atom stereocenters. The quantitative estimate of drug-likeness (QED) is 0.620. The largest absolute Gasteiger partial charge is 0.495 e. The summed E-state index contributed by atoms with van der Waals surface area (Å²) in [6, 6.07) is 8.27. The number of hydrogen-bond donors (Lipinski definition) is 0. The van der Waals surface area contributed by atoms with Crippen LogP contribution in [0.3, 0.4) is 0 Å². The van der Waals surface area contributed by atoms with Gasteiger partial charge < -0.3 is 9.64 Å². The van der Waals surface area contributed by atoms with Gasteiger partial charge in [0.1, 0.15) is 11.6 Å². The highest BCUT2D eigenvalue weighted by Gasteiger charge is 2.23. The molecule has 5 nitrogen and oxygen atoms in total. The summed E-state index contributed by atoms with van der Waals surface area (Å²) in [7, 11) is 1.74. The van der Waals surface area contributed by atoms with E-state index in [9.17, 15) is 4.39 Å². The molecule has 0 radical (unpaired) electrons. The van der Waals surface area contributed by atoms with Crippen molar-refractivity contribution in [1.82, 2.24) is 14.9 Å². The topological polar surface area (TPSA) is 22.2 Å². The summed E-state index contributed by atoms with van der Waals surface area (Å²) in [6.45, 7) is 7.28. The molecule has 0 atom stereocenters. The van der Waals surface area contributed by atoms with Crippen molar-refractivity contribution < 1.29 is 9.13 Å². The van der Waals surface area contributed by atoms with Crippen molar-refractivity contribution in [2.45, 2.75) is 19.3 Å². The van der Waals surface area contributed by atoms with Crippen LogP contribution in [0, 0.1) is 0 Å². The Balaban J connectivity index is 1.13. The van der Waals surface area contributed by atoms with Gasteiger partial charge in [0, 0.05) is 39.3 Å². The number of halogens is 1. The smallest absolute Gasteiger partial charge is 0.142 e. The summed E-state index contributed by atoms with van der Waals surface area (Å²) < 4.78 is 19.0. The Labute approximate surface area is 173 Å². The predicted molar refractivity (Wildman–Crippen MR) is 115 cm³/mol. The number of unbranched alkanes of at least 4 members (excludes halogenated alkanes) is 2. The van der Waals surface area contributed by atoms with Gasteiger partial charge in [-0.15, -0.1) is 0 Å². The Hall–Kier alpha value is -2.31. The van der Waals surface area contributed by atoms with Crippen molar-refractivity contribution in [3.05, 3.63) is 60.2 Å². The number of anilines is 1. The highest BCUT2D eigenvalue weighted by molar-refractivity contribution is 5.58. The second-order valence-corrected chi connectivity index (χ2v) is 7.79. The molecule has 1 aromatic rings. The number of benzene rings is 1. The normalized spacial score (nSPS) is 19.9. The van der Waals surface area contributed by atoms with Crippen LogP contribution >= 0.6 is 0 Å². The molecule has 4 rings (SSSR count). The fourth-order valence-electron chi connectivity index (χ4n) is 4.28. The number of nitrogens with zero attached hydrogens (tertiary/aromatic N) is 4. The van der Waals surface area contributed by atoms with E-state index in [1.54, 1.807) is 13.3 Å². The van der Waals surface area contributed by atoms with E-state index in [1.165, 1.54) is 24.6 Å². The summed E-state index contributed by atoms with van der Waals surface area (Å²) in [6.07, 6.45) is 10.7. The molecule has 3 aliphatic rings. The number of hydrazine groups is 1. The summed E-state index contributed by atoms with van der Waals surface area (Å²) in [5, 5.41) is 4.16. The Morgan fingerprint density at radius 2 is 1.76 bits per heavy atom. The molecule has 29 heavy (non-hydrogen) atoms. The van der Waals surface area contributed by atoms with Crippen LogP contribution in [-0.4, -0.2) is 67.8 Å². The number of methoxy groups -OCH3 is 1. The molecule has 1 aromatic carbocycles. The lowest BCUT2D eigenvalue weighted by Gasteiger charge is -2.36. The van der Waals surface area contributed by atoms with Crippen molar-refractivity contribution in [3.8, 4) is 5.75 Å². The van der Waals surface area contributed by atoms with Crippen LogP contribution in [0.4, 0.5) is 10.1 Å². The van der Waals surface area contributed by atoms with Crippen LogP contribution in [-0.2, 0) is 0 Å². The molecular weight excluding hydrogens is 367 g/mol. The molecule has 156 valence electrons. The lowest BCUT2D eigenvalue weighted by Crippen LogP contribution is -2.46. The van der Waals surface area contributed by atoms with E-state index in [-0.39, 0.29) is 5.83 Å². The van der Waals surface area contributed by atoms with Gasteiger partial charge in [0.05, 0.1) is 24.7 Å². The number of hydrogen-bond acceptors (Lipinski definition) is 5. The minimum atomic E-state index is -0.179. The maximum atomic E-state index is 13.5. The molecule has 1 saturated heterocycles. The van der Waals surface area contributed by atoms with Crippen LogP contribution in [0.15, 0.2) is 60.2 Å². The van der Waals surface area contributed by atoms with E-state index in [2.05, 4.69) is 33.0 Å². The molecule has 0 amide bonds. The number of rotatable bonds is 8. The Kier molecular flexibility index (Phi) is 6.52. The summed E-state index contributed by atoms with van der Waals surface area (Å²) in [4.78, 5) is 4.99.